The van der Waals surface area contributed by atoms with E-state index in [1.165, 1.54) is 6.20 Å². The maximum atomic E-state index is 10.5. The van der Waals surface area contributed by atoms with E-state index >= 15 is 0 Å². The smallest absolute Gasteiger partial charge is 0.358 e. The summed E-state index contributed by atoms with van der Waals surface area (Å²) < 4.78 is 0. The lowest BCUT2D eigenvalue weighted by atomic mass is 10.2. The minimum absolute atomic E-state index is 0.125. The first-order valence-corrected chi connectivity index (χ1v) is 4.25. The van der Waals surface area contributed by atoms with Crippen molar-refractivity contribution >= 4 is 24.5 Å². The van der Waals surface area contributed by atoms with Gasteiger partial charge in [-0.3, -0.25) is 0 Å². The summed E-state index contributed by atoms with van der Waals surface area (Å²) in [7, 11) is 0. The van der Waals surface area contributed by atoms with E-state index in [-0.39, 0.29) is 5.82 Å². The molecule has 68 valence electrons. The van der Waals surface area contributed by atoms with E-state index < -0.39 is 4.92 Å². The van der Waals surface area contributed by atoms with Gasteiger partial charge in [-0.25, -0.2) is 0 Å². The van der Waals surface area contributed by atoms with Crippen molar-refractivity contribution in [3.05, 3.63) is 40.1 Å². The highest BCUT2D eigenvalue weighted by atomic mass is 32.1. The molecule has 0 N–H and O–H groups in total. The molecule has 0 aliphatic heterocycles. The first kappa shape index (κ1) is 9.73. The Hall–Kier alpha value is -1.36. The maximum Gasteiger partial charge on any atom is 0.370 e. The number of pyridine rings is 1. The molecule has 1 heterocycles. The molecule has 0 aliphatic rings. The third kappa shape index (κ3) is 2.55. The summed E-state index contributed by atoms with van der Waals surface area (Å²) in [5, 5.41) is 10.5. The van der Waals surface area contributed by atoms with Gasteiger partial charge in [-0.1, -0.05) is 6.08 Å². The number of nitrogens with zero attached hydrogens (tertiary/aromatic N) is 2. The van der Waals surface area contributed by atoms with Gasteiger partial charge in [-0.05, 0) is 28.1 Å². The average Bonchev–Trinajstić information content (AvgIpc) is 2.15. The van der Waals surface area contributed by atoms with Crippen LogP contribution in [0, 0.1) is 10.1 Å². The van der Waals surface area contributed by atoms with Crippen LogP contribution in [0.2, 0.25) is 0 Å². The van der Waals surface area contributed by atoms with Crippen molar-refractivity contribution in [2.24, 2.45) is 0 Å². The second-order valence-corrected chi connectivity index (χ2v) is 2.62. The Bertz CT molecular complexity index is 339. The molecule has 1 rings (SSSR count). The topological polar surface area (TPSA) is 56.0 Å². The van der Waals surface area contributed by atoms with E-state index in [9.17, 15) is 10.1 Å². The van der Waals surface area contributed by atoms with Crippen LogP contribution in [-0.2, 0) is 0 Å². The highest BCUT2D eigenvalue weighted by Crippen LogP contribution is 2.15. The molecule has 0 fully saturated rings. The lowest BCUT2D eigenvalue weighted by molar-refractivity contribution is -0.389. The number of hydrogen-bond donors (Lipinski definition) is 1. The second kappa shape index (κ2) is 4.61. The van der Waals surface area contributed by atoms with Crippen LogP contribution in [0.15, 0.2) is 24.4 Å². The Morgan fingerprint density at radius 2 is 2.46 bits per heavy atom. The van der Waals surface area contributed by atoms with E-state index in [2.05, 4.69) is 17.6 Å². The molecule has 0 saturated carbocycles. The number of thiol groups is 1. The molecule has 1 aromatic heterocycles. The van der Waals surface area contributed by atoms with Gasteiger partial charge in [-0.15, -0.1) is 0 Å². The molecule has 0 saturated heterocycles. The van der Waals surface area contributed by atoms with Crippen molar-refractivity contribution in [3.63, 3.8) is 0 Å². The van der Waals surface area contributed by atoms with Gasteiger partial charge in [0.2, 0.25) is 0 Å². The molecule has 0 spiro atoms. The minimum atomic E-state index is -0.502. The molecule has 0 unspecified atom stereocenters. The maximum absolute atomic E-state index is 10.5. The zero-order chi connectivity index (χ0) is 9.68. The number of nitro groups is 1. The fraction of sp³-hybridized carbons (Fsp3) is 0.125. The summed E-state index contributed by atoms with van der Waals surface area (Å²) in [6.45, 7) is 0. The van der Waals surface area contributed by atoms with Crippen molar-refractivity contribution in [3.8, 4) is 0 Å². The summed E-state index contributed by atoms with van der Waals surface area (Å²) in [5.74, 6) is 0.423. The fourth-order valence-corrected chi connectivity index (χ4v) is 0.977. The van der Waals surface area contributed by atoms with Crippen LogP contribution in [0.25, 0.3) is 6.08 Å². The van der Waals surface area contributed by atoms with Crippen molar-refractivity contribution in [2.75, 3.05) is 5.75 Å². The molecule has 0 aliphatic carbocycles. The average molecular weight is 196 g/mol. The SMILES string of the molecule is O=[N+]([O-])c1ncccc1C=CCS. The zero-order valence-corrected chi connectivity index (χ0v) is 7.65. The van der Waals surface area contributed by atoms with Crippen molar-refractivity contribution in [1.29, 1.82) is 0 Å². The molecular weight excluding hydrogens is 188 g/mol. The lowest BCUT2D eigenvalue weighted by Gasteiger charge is -1.94. The quantitative estimate of drug-likeness (QED) is 0.456. The molecule has 0 radical (unpaired) electrons. The summed E-state index contributed by atoms with van der Waals surface area (Å²) in [6.07, 6.45) is 4.77. The Morgan fingerprint density at radius 3 is 3.08 bits per heavy atom. The fourth-order valence-electron chi connectivity index (χ4n) is 0.872. The summed E-state index contributed by atoms with van der Waals surface area (Å²) in [6, 6.07) is 3.30. The first-order chi connectivity index (χ1) is 6.25. The molecule has 0 atom stereocenters. The number of hydrogen-bond acceptors (Lipinski definition) is 4. The van der Waals surface area contributed by atoms with Crippen LogP contribution in [0.3, 0.4) is 0 Å². The lowest BCUT2D eigenvalue weighted by Crippen LogP contribution is -1.94. The number of aromatic nitrogens is 1. The zero-order valence-electron chi connectivity index (χ0n) is 6.75. The third-order valence-electron chi connectivity index (χ3n) is 1.39. The molecule has 0 bridgehead atoms. The molecule has 0 amide bonds. The van der Waals surface area contributed by atoms with E-state index in [1.54, 1.807) is 24.3 Å². The van der Waals surface area contributed by atoms with Crippen LogP contribution >= 0.6 is 12.6 Å². The van der Waals surface area contributed by atoms with Gasteiger partial charge < -0.3 is 10.1 Å². The third-order valence-corrected chi connectivity index (χ3v) is 1.60. The highest BCUT2D eigenvalue weighted by molar-refractivity contribution is 7.80. The van der Waals surface area contributed by atoms with E-state index in [4.69, 9.17) is 0 Å². The highest BCUT2D eigenvalue weighted by Gasteiger charge is 2.10. The van der Waals surface area contributed by atoms with Crippen molar-refractivity contribution < 1.29 is 4.92 Å². The Labute approximate surface area is 80.9 Å². The Kier molecular flexibility index (Phi) is 3.45. The van der Waals surface area contributed by atoms with Crippen LogP contribution < -0.4 is 0 Å². The molecule has 5 heteroatoms. The predicted molar refractivity (Wildman–Crippen MR) is 53.8 cm³/mol. The molecular formula is C8H8N2O2S. The van der Waals surface area contributed by atoms with E-state index in [0.29, 0.717) is 11.3 Å². The van der Waals surface area contributed by atoms with Crippen LogP contribution in [0.4, 0.5) is 5.82 Å². The normalized spacial score (nSPS) is 10.5. The van der Waals surface area contributed by atoms with Crippen LogP contribution in [-0.4, -0.2) is 15.7 Å². The first-order valence-electron chi connectivity index (χ1n) is 3.62. The van der Waals surface area contributed by atoms with Gasteiger partial charge in [-0.2, -0.15) is 12.6 Å². The second-order valence-electron chi connectivity index (χ2n) is 2.26. The Morgan fingerprint density at radius 1 is 1.69 bits per heavy atom. The molecule has 0 aromatic carbocycles. The molecule has 4 nitrogen and oxygen atoms in total. The van der Waals surface area contributed by atoms with Crippen LogP contribution in [0.5, 0.6) is 0 Å². The van der Waals surface area contributed by atoms with E-state index in [0.717, 1.165) is 0 Å². The molecule has 13 heavy (non-hydrogen) atoms. The van der Waals surface area contributed by atoms with E-state index in [1.807, 2.05) is 0 Å². The van der Waals surface area contributed by atoms with Crippen molar-refractivity contribution in [2.45, 2.75) is 0 Å². The minimum Gasteiger partial charge on any atom is -0.358 e. The van der Waals surface area contributed by atoms with Gasteiger partial charge in [0.15, 0.2) is 0 Å². The van der Waals surface area contributed by atoms with Gasteiger partial charge in [0.25, 0.3) is 0 Å². The largest absolute Gasteiger partial charge is 0.370 e. The Balaban J connectivity index is 3.05. The van der Waals surface area contributed by atoms with Gasteiger partial charge in [0, 0.05) is 5.75 Å². The van der Waals surface area contributed by atoms with Crippen molar-refractivity contribution in [1.82, 2.24) is 4.98 Å². The molecule has 1 aromatic rings. The predicted octanol–water partition coefficient (Wildman–Crippen LogP) is 1.93. The van der Waals surface area contributed by atoms with Gasteiger partial charge >= 0.3 is 5.82 Å². The summed E-state index contributed by atoms with van der Waals surface area (Å²) >= 11 is 3.96. The number of rotatable bonds is 3. The standard InChI is InChI=1S/C8H8N2O2S/c11-10(12)8-7(4-2-6-13)3-1-5-9-8/h1-5,13H,6H2. The van der Waals surface area contributed by atoms with Crippen LogP contribution in [0.1, 0.15) is 5.56 Å². The summed E-state index contributed by atoms with van der Waals surface area (Å²) in [4.78, 5) is 13.6. The summed E-state index contributed by atoms with van der Waals surface area (Å²) in [5.41, 5.74) is 0.501. The van der Waals surface area contributed by atoms with Gasteiger partial charge in [0.1, 0.15) is 6.20 Å². The van der Waals surface area contributed by atoms with Gasteiger partial charge in [0.05, 0.1) is 5.56 Å². The monoisotopic (exact) mass is 196 g/mol.